The number of amides is 1. The summed E-state index contributed by atoms with van der Waals surface area (Å²) < 4.78 is 5.52. The van der Waals surface area contributed by atoms with E-state index >= 15 is 0 Å². The number of likely N-dealkylation sites (tertiary alicyclic amines) is 2. The zero-order chi connectivity index (χ0) is 14.5. The normalized spacial score (nSPS) is 27.7. The second-order valence-electron chi connectivity index (χ2n) is 6.30. The Kier molecular flexibility index (Phi) is 5.85. The molecule has 2 heterocycles. The van der Waals surface area contributed by atoms with Crippen LogP contribution in [0, 0.1) is 0 Å². The van der Waals surface area contributed by atoms with Crippen LogP contribution in [-0.2, 0) is 9.53 Å². The monoisotopic (exact) mass is 282 g/mol. The van der Waals surface area contributed by atoms with Gasteiger partial charge < -0.3 is 9.64 Å². The summed E-state index contributed by atoms with van der Waals surface area (Å²) in [6.07, 6.45) is 5.63. The van der Waals surface area contributed by atoms with Crippen LogP contribution in [0.25, 0.3) is 0 Å². The molecule has 2 aliphatic heterocycles. The topological polar surface area (TPSA) is 32.8 Å². The van der Waals surface area contributed by atoms with Gasteiger partial charge in [0.25, 0.3) is 0 Å². The Morgan fingerprint density at radius 3 is 2.60 bits per heavy atom. The van der Waals surface area contributed by atoms with Gasteiger partial charge in [0.2, 0.25) is 5.91 Å². The number of hydrogen-bond donors (Lipinski definition) is 0. The maximum absolute atomic E-state index is 12.4. The summed E-state index contributed by atoms with van der Waals surface area (Å²) in [7, 11) is 0. The predicted octanol–water partition coefficient (Wildman–Crippen LogP) is 2.28. The Bertz CT molecular complexity index is 320. The van der Waals surface area contributed by atoms with Gasteiger partial charge in [-0.3, -0.25) is 9.69 Å². The summed E-state index contributed by atoms with van der Waals surface area (Å²) in [5.74, 6) is 0.288. The van der Waals surface area contributed by atoms with E-state index < -0.39 is 0 Å². The second kappa shape index (κ2) is 7.41. The molecule has 2 rings (SSSR count). The van der Waals surface area contributed by atoms with Gasteiger partial charge in [-0.15, -0.1) is 0 Å². The zero-order valence-corrected chi connectivity index (χ0v) is 13.3. The average molecular weight is 282 g/mol. The molecule has 0 unspecified atom stereocenters. The summed E-state index contributed by atoms with van der Waals surface area (Å²) in [4.78, 5) is 17.1. The minimum atomic E-state index is 0.211. The Morgan fingerprint density at radius 2 is 1.90 bits per heavy atom. The minimum absolute atomic E-state index is 0.211. The molecule has 4 nitrogen and oxygen atoms in total. The van der Waals surface area contributed by atoms with E-state index in [9.17, 15) is 4.79 Å². The van der Waals surface area contributed by atoms with Crippen molar-refractivity contribution >= 4 is 5.91 Å². The molecule has 0 radical (unpaired) electrons. The van der Waals surface area contributed by atoms with Crippen molar-refractivity contribution in [1.29, 1.82) is 0 Å². The highest BCUT2D eigenvalue weighted by Gasteiger charge is 2.38. The summed E-state index contributed by atoms with van der Waals surface area (Å²) in [5, 5.41) is 0. The lowest BCUT2D eigenvalue weighted by Gasteiger charge is -2.34. The van der Waals surface area contributed by atoms with E-state index in [1.54, 1.807) is 0 Å². The molecule has 1 amide bonds. The molecule has 0 aliphatic carbocycles. The van der Waals surface area contributed by atoms with Gasteiger partial charge in [0.05, 0.1) is 19.1 Å². The SMILES string of the molecule is CCN1CCC[C@H]1[C@H]1CCCN1C(=O)CCOC(C)C. The minimum Gasteiger partial charge on any atom is -0.378 e. The van der Waals surface area contributed by atoms with Crippen LogP contribution in [-0.4, -0.2) is 60.1 Å². The largest absolute Gasteiger partial charge is 0.378 e. The van der Waals surface area contributed by atoms with Crippen LogP contribution in [0.2, 0.25) is 0 Å². The smallest absolute Gasteiger partial charge is 0.225 e. The fourth-order valence-corrected chi connectivity index (χ4v) is 3.71. The van der Waals surface area contributed by atoms with E-state index in [-0.39, 0.29) is 12.0 Å². The summed E-state index contributed by atoms with van der Waals surface area (Å²) in [5.41, 5.74) is 0. The number of carbonyl (C=O) groups is 1. The van der Waals surface area contributed by atoms with Gasteiger partial charge in [-0.2, -0.15) is 0 Å². The van der Waals surface area contributed by atoms with Crippen molar-refractivity contribution < 1.29 is 9.53 Å². The molecule has 2 atom stereocenters. The van der Waals surface area contributed by atoms with Gasteiger partial charge in [-0.1, -0.05) is 6.92 Å². The maximum Gasteiger partial charge on any atom is 0.225 e. The molecule has 0 spiro atoms. The van der Waals surface area contributed by atoms with Crippen LogP contribution in [0.15, 0.2) is 0 Å². The summed E-state index contributed by atoms with van der Waals surface area (Å²) >= 11 is 0. The lowest BCUT2D eigenvalue weighted by Crippen LogP contribution is -2.48. The van der Waals surface area contributed by atoms with Crippen LogP contribution >= 0.6 is 0 Å². The molecule has 2 saturated heterocycles. The third kappa shape index (κ3) is 3.73. The Morgan fingerprint density at radius 1 is 1.20 bits per heavy atom. The third-order valence-electron chi connectivity index (χ3n) is 4.65. The number of likely N-dealkylation sites (N-methyl/N-ethyl adjacent to an activating group) is 1. The highest BCUT2D eigenvalue weighted by atomic mass is 16.5. The lowest BCUT2D eigenvalue weighted by atomic mass is 10.0. The molecule has 0 bridgehead atoms. The van der Waals surface area contributed by atoms with E-state index in [1.807, 2.05) is 13.8 Å². The molecule has 116 valence electrons. The standard InChI is InChI=1S/C16H30N2O2/c1-4-17-10-5-7-14(17)15-8-6-11-18(15)16(19)9-12-20-13(2)3/h13-15H,4-12H2,1-3H3/t14-,15+/m0/s1. The van der Waals surface area contributed by atoms with E-state index in [0.29, 0.717) is 25.1 Å². The molecule has 0 aromatic carbocycles. The third-order valence-corrected chi connectivity index (χ3v) is 4.65. The van der Waals surface area contributed by atoms with Crippen LogP contribution < -0.4 is 0 Å². The molecule has 20 heavy (non-hydrogen) atoms. The lowest BCUT2D eigenvalue weighted by molar-refractivity contribution is -0.134. The maximum atomic E-state index is 12.4. The highest BCUT2D eigenvalue weighted by Crippen LogP contribution is 2.30. The molecular formula is C16H30N2O2. The number of nitrogens with zero attached hydrogens (tertiary/aromatic N) is 2. The van der Waals surface area contributed by atoms with Crippen molar-refractivity contribution in [2.45, 2.75) is 71.1 Å². The highest BCUT2D eigenvalue weighted by molar-refractivity contribution is 5.77. The Balaban J connectivity index is 1.88. The number of rotatable bonds is 6. The number of hydrogen-bond acceptors (Lipinski definition) is 3. The van der Waals surface area contributed by atoms with Crippen molar-refractivity contribution in [1.82, 2.24) is 9.80 Å². The van der Waals surface area contributed by atoms with Gasteiger partial charge in [0, 0.05) is 18.6 Å². The van der Waals surface area contributed by atoms with Crippen molar-refractivity contribution in [3.05, 3.63) is 0 Å². The van der Waals surface area contributed by atoms with Crippen molar-refractivity contribution in [2.24, 2.45) is 0 Å². The first kappa shape index (κ1) is 15.8. The first-order valence-corrected chi connectivity index (χ1v) is 8.28. The van der Waals surface area contributed by atoms with Crippen LogP contribution in [0.1, 0.15) is 52.9 Å². The van der Waals surface area contributed by atoms with Crippen molar-refractivity contribution in [3.8, 4) is 0 Å². The molecule has 0 aromatic rings. The van der Waals surface area contributed by atoms with Gasteiger partial charge in [-0.25, -0.2) is 0 Å². The van der Waals surface area contributed by atoms with E-state index in [1.165, 1.54) is 25.8 Å². The van der Waals surface area contributed by atoms with Gasteiger partial charge in [0.1, 0.15) is 0 Å². The molecule has 2 fully saturated rings. The first-order chi connectivity index (χ1) is 9.63. The fourth-order valence-electron chi connectivity index (χ4n) is 3.71. The Labute approximate surface area is 123 Å². The van der Waals surface area contributed by atoms with E-state index in [4.69, 9.17) is 4.74 Å². The summed E-state index contributed by atoms with van der Waals surface area (Å²) in [6, 6.07) is 1.04. The first-order valence-electron chi connectivity index (χ1n) is 8.28. The Hall–Kier alpha value is -0.610. The van der Waals surface area contributed by atoms with Gasteiger partial charge in [-0.05, 0) is 52.6 Å². The predicted molar refractivity (Wildman–Crippen MR) is 80.7 cm³/mol. The summed E-state index contributed by atoms with van der Waals surface area (Å²) in [6.45, 7) is 10.1. The molecular weight excluding hydrogens is 252 g/mol. The van der Waals surface area contributed by atoms with E-state index in [2.05, 4.69) is 16.7 Å². The zero-order valence-electron chi connectivity index (χ0n) is 13.3. The molecule has 0 N–H and O–H groups in total. The van der Waals surface area contributed by atoms with Crippen LogP contribution in [0.3, 0.4) is 0 Å². The van der Waals surface area contributed by atoms with Crippen molar-refractivity contribution in [2.75, 3.05) is 26.2 Å². The van der Waals surface area contributed by atoms with Crippen molar-refractivity contribution in [3.63, 3.8) is 0 Å². The molecule has 4 heteroatoms. The van der Waals surface area contributed by atoms with Gasteiger partial charge >= 0.3 is 0 Å². The van der Waals surface area contributed by atoms with Gasteiger partial charge in [0.15, 0.2) is 0 Å². The quantitative estimate of drug-likeness (QED) is 0.749. The average Bonchev–Trinajstić information content (AvgIpc) is 3.06. The molecule has 0 saturated carbocycles. The van der Waals surface area contributed by atoms with Crippen LogP contribution in [0.4, 0.5) is 0 Å². The molecule has 0 aromatic heterocycles. The number of carbonyl (C=O) groups excluding carboxylic acids is 1. The van der Waals surface area contributed by atoms with E-state index in [0.717, 1.165) is 19.5 Å². The van der Waals surface area contributed by atoms with Crippen LogP contribution in [0.5, 0.6) is 0 Å². The number of ether oxygens (including phenoxy) is 1. The fraction of sp³-hybridized carbons (Fsp3) is 0.938. The molecule has 2 aliphatic rings. The second-order valence-corrected chi connectivity index (χ2v) is 6.30.